The summed E-state index contributed by atoms with van der Waals surface area (Å²) in [5, 5.41) is 3.07. The zero-order valence-corrected chi connectivity index (χ0v) is 10.9. The SMILES string of the molecule is CCC(=O)NC1(Oc2ccccc2)CCCCC1. The summed E-state index contributed by atoms with van der Waals surface area (Å²) in [6.07, 6.45) is 5.73. The Kier molecular flexibility index (Phi) is 4.24. The first-order valence-corrected chi connectivity index (χ1v) is 6.79. The van der Waals surface area contributed by atoms with E-state index in [1.165, 1.54) is 6.42 Å². The molecule has 18 heavy (non-hydrogen) atoms. The predicted octanol–water partition coefficient (Wildman–Crippen LogP) is 3.25. The Labute approximate surface area is 109 Å². The fourth-order valence-electron chi connectivity index (χ4n) is 2.43. The van der Waals surface area contributed by atoms with Crippen LogP contribution in [-0.2, 0) is 4.79 Å². The normalized spacial score (nSPS) is 18.1. The highest BCUT2D eigenvalue weighted by Crippen LogP contribution is 2.31. The van der Waals surface area contributed by atoms with Gasteiger partial charge in [-0.3, -0.25) is 4.79 Å². The van der Waals surface area contributed by atoms with Crippen LogP contribution in [0.1, 0.15) is 45.4 Å². The lowest BCUT2D eigenvalue weighted by molar-refractivity contribution is -0.128. The molecule has 0 heterocycles. The van der Waals surface area contributed by atoms with Gasteiger partial charge < -0.3 is 10.1 Å². The van der Waals surface area contributed by atoms with Crippen LogP contribution in [0.2, 0.25) is 0 Å². The number of amides is 1. The van der Waals surface area contributed by atoms with Crippen molar-refractivity contribution < 1.29 is 9.53 Å². The van der Waals surface area contributed by atoms with Crippen molar-refractivity contribution in [2.24, 2.45) is 0 Å². The molecule has 98 valence electrons. The number of para-hydroxylation sites is 1. The molecule has 1 aromatic carbocycles. The molecule has 1 saturated carbocycles. The molecule has 0 spiro atoms. The van der Waals surface area contributed by atoms with Gasteiger partial charge in [-0.2, -0.15) is 0 Å². The number of benzene rings is 1. The maximum absolute atomic E-state index is 11.7. The van der Waals surface area contributed by atoms with Crippen molar-refractivity contribution in [3.05, 3.63) is 30.3 Å². The van der Waals surface area contributed by atoms with E-state index in [2.05, 4.69) is 5.32 Å². The van der Waals surface area contributed by atoms with Crippen LogP contribution in [0.15, 0.2) is 30.3 Å². The van der Waals surface area contributed by atoms with Gasteiger partial charge in [0.25, 0.3) is 0 Å². The molecule has 1 N–H and O–H groups in total. The summed E-state index contributed by atoms with van der Waals surface area (Å²) in [4.78, 5) is 11.7. The Bertz CT molecular complexity index is 383. The van der Waals surface area contributed by atoms with Gasteiger partial charge in [-0.1, -0.05) is 31.5 Å². The lowest BCUT2D eigenvalue weighted by Crippen LogP contribution is -2.54. The summed E-state index contributed by atoms with van der Waals surface area (Å²) in [6.45, 7) is 1.87. The van der Waals surface area contributed by atoms with E-state index in [0.717, 1.165) is 31.4 Å². The van der Waals surface area contributed by atoms with E-state index in [4.69, 9.17) is 4.74 Å². The van der Waals surface area contributed by atoms with Crippen LogP contribution in [0.4, 0.5) is 0 Å². The van der Waals surface area contributed by atoms with Crippen LogP contribution in [0.3, 0.4) is 0 Å². The minimum Gasteiger partial charge on any atom is -0.468 e. The molecule has 0 unspecified atom stereocenters. The van der Waals surface area contributed by atoms with Gasteiger partial charge in [0.15, 0.2) is 5.72 Å². The van der Waals surface area contributed by atoms with E-state index >= 15 is 0 Å². The molecular formula is C15H21NO2. The highest BCUT2D eigenvalue weighted by Gasteiger charge is 2.35. The summed E-state index contributed by atoms with van der Waals surface area (Å²) in [5.41, 5.74) is -0.493. The second-order valence-corrected chi connectivity index (χ2v) is 4.87. The van der Waals surface area contributed by atoms with Crippen molar-refractivity contribution in [3.63, 3.8) is 0 Å². The number of ether oxygens (including phenoxy) is 1. The van der Waals surface area contributed by atoms with Gasteiger partial charge in [-0.05, 0) is 25.0 Å². The smallest absolute Gasteiger partial charge is 0.222 e. The molecule has 0 saturated heterocycles. The zero-order chi connectivity index (χ0) is 12.8. The molecule has 2 rings (SSSR count). The minimum absolute atomic E-state index is 0.0628. The highest BCUT2D eigenvalue weighted by molar-refractivity contribution is 5.76. The lowest BCUT2D eigenvalue weighted by Gasteiger charge is -2.38. The number of hydrogen-bond acceptors (Lipinski definition) is 2. The number of carbonyl (C=O) groups excluding carboxylic acids is 1. The standard InChI is InChI=1S/C15H21NO2/c1-2-14(17)16-15(11-7-4-8-12-15)18-13-9-5-3-6-10-13/h3,5-6,9-10H,2,4,7-8,11-12H2,1H3,(H,16,17). The fraction of sp³-hybridized carbons (Fsp3) is 0.533. The molecule has 1 aromatic rings. The van der Waals surface area contributed by atoms with Crippen LogP contribution in [-0.4, -0.2) is 11.6 Å². The van der Waals surface area contributed by atoms with Crippen LogP contribution in [0, 0.1) is 0 Å². The number of hydrogen-bond donors (Lipinski definition) is 1. The average Bonchev–Trinajstić information content (AvgIpc) is 2.40. The van der Waals surface area contributed by atoms with Crippen LogP contribution < -0.4 is 10.1 Å². The summed E-state index contributed by atoms with van der Waals surface area (Å²) in [7, 11) is 0. The molecule has 0 bridgehead atoms. The molecule has 1 amide bonds. The van der Waals surface area contributed by atoms with Gasteiger partial charge in [0.1, 0.15) is 5.75 Å². The Morgan fingerprint density at radius 3 is 2.50 bits per heavy atom. The molecule has 0 aromatic heterocycles. The average molecular weight is 247 g/mol. The Morgan fingerprint density at radius 2 is 1.89 bits per heavy atom. The quantitative estimate of drug-likeness (QED) is 0.829. The third kappa shape index (κ3) is 3.25. The Morgan fingerprint density at radius 1 is 1.22 bits per heavy atom. The maximum Gasteiger partial charge on any atom is 0.222 e. The first-order chi connectivity index (χ1) is 8.74. The zero-order valence-electron chi connectivity index (χ0n) is 10.9. The molecular weight excluding hydrogens is 226 g/mol. The second kappa shape index (κ2) is 5.89. The number of nitrogens with one attached hydrogen (secondary N) is 1. The van der Waals surface area contributed by atoms with Gasteiger partial charge >= 0.3 is 0 Å². The molecule has 1 fully saturated rings. The Balaban J connectivity index is 2.11. The van der Waals surface area contributed by atoms with Gasteiger partial charge in [0, 0.05) is 19.3 Å². The van der Waals surface area contributed by atoms with E-state index < -0.39 is 5.72 Å². The van der Waals surface area contributed by atoms with Crippen molar-refractivity contribution >= 4 is 5.91 Å². The fourth-order valence-corrected chi connectivity index (χ4v) is 2.43. The molecule has 3 nitrogen and oxygen atoms in total. The van der Waals surface area contributed by atoms with Crippen molar-refractivity contribution in [3.8, 4) is 5.75 Å². The topological polar surface area (TPSA) is 38.3 Å². The molecule has 1 aliphatic carbocycles. The highest BCUT2D eigenvalue weighted by atomic mass is 16.5. The second-order valence-electron chi connectivity index (χ2n) is 4.87. The van der Waals surface area contributed by atoms with Gasteiger partial charge in [-0.15, -0.1) is 0 Å². The van der Waals surface area contributed by atoms with E-state index in [-0.39, 0.29) is 5.91 Å². The molecule has 0 radical (unpaired) electrons. The maximum atomic E-state index is 11.7. The van der Waals surface area contributed by atoms with Gasteiger partial charge in [0.05, 0.1) is 0 Å². The molecule has 1 aliphatic rings. The third-order valence-electron chi connectivity index (χ3n) is 3.41. The summed E-state index contributed by atoms with van der Waals surface area (Å²) in [6, 6.07) is 9.74. The van der Waals surface area contributed by atoms with E-state index in [1.54, 1.807) is 0 Å². The van der Waals surface area contributed by atoms with Crippen molar-refractivity contribution in [2.75, 3.05) is 0 Å². The third-order valence-corrected chi connectivity index (χ3v) is 3.41. The monoisotopic (exact) mass is 247 g/mol. The lowest BCUT2D eigenvalue weighted by atomic mass is 9.91. The van der Waals surface area contributed by atoms with Crippen molar-refractivity contribution in [2.45, 2.75) is 51.2 Å². The molecule has 3 heteroatoms. The summed E-state index contributed by atoms with van der Waals surface area (Å²) >= 11 is 0. The van der Waals surface area contributed by atoms with E-state index in [0.29, 0.717) is 6.42 Å². The number of carbonyl (C=O) groups is 1. The first-order valence-electron chi connectivity index (χ1n) is 6.79. The number of rotatable bonds is 4. The van der Waals surface area contributed by atoms with Gasteiger partial charge in [0.2, 0.25) is 5.91 Å². The van der Waals surface area contributed by atoms with Crippen LogP contribution >= 0.6 is 0 Å². The predicted molar refractivity (Wildman–Crippen MR) is 71.3 cm³/mol. The van der Waals surface area contributed by atoms with Crippen LogP contribution in [0.5, 0.6) is 5.75 Å². The molecule has 0 aliphatic heterocycles. The van der Waals surface area contributed by atoms with Crippen LogP contribution in [0.25, 0.3) is 0 Å². The minimum atomic E-state index is -0.493. The summed E-state index contributed by atoms with van der Waals surface area (Å²) < 4.78 is 6.08. The first kappa shape index (κ1) is 12.9. The largest absolute Gasteiger partial charge is 0.468 e. The van der Waals surface area contributed by atoms with Gasteiger partial charge in [-0.25, -0.2) is 0 Å². The van der Waals surface area contributed by atoms with E-state index in [9.17, 15) is 4.79 Å². The molecule has 0 atom stereocenters. The van der Waals surface area contributed by atoms with E-state index in [1.807, 2.05) is 37.3 Å². The Hall–Kier alpha value is -1.51. The van der Waals surface area contributed by atoms with Crippen molar-refractivity contribution in [1.82, 2.24) is 5.32 Å². The van der Waals surface area contributed by atoms with Crippen molar-refractivity contribution in [1.29, 1.82) is 0 Å². The summed E-state index contributed by atoms with van der Waals surface area (Å²) in [5.74, 6) is 0.892.